The maximum absolute atomic E-state index is 12.2. The molecule has 0 saturated carbocycles. The van der Waals surface area contributed by atoms with Crippen molar-refractivity contribution in [3.8, 4) is 0 Å². The Morgan fingerprint density at radius 2 is 2.40 bits per heavy atom. The topological polar surface area (TPSA) is 113 Å². The molecule has 1 aliphatic heterocycles. The van der Waals surface area contributed by atoms with Crippen molar-refractivity contribution < 1.29 is 9.53 Å². The van der Waals surface area contributed by atoms with Crippen LogP contribution < -0.4 is 10.9 Å². The highest BCUT2D eigenvalue weighted by Crippen LogP contribution is 2.24. The van der Waals surface area contributed by atoms with Crippen LogP contribution in [0.4, 0.5) is 5.13 Å². The monoisotopic (exact) mass is 364 g/mol. The van der Waals surface area contributed by atoms with Crippen LogP contribution >= 0.6 is 11.3 Å². The number of anilines is 1. The van der Waals surface area contributed by atoms with E-state index in [1.807, 2.05) is 0 Å². The molecule has 0 aromatic carbocycles. The summed E-state index contributed by atoms with van der Waals surface area (Å²) in [5, 5.41) is 11.8. The second kappa shape index (κ2) is 8.28. The molecule has 0 bridgehead atoms. The summed E-state index contributed by atoms with van der Waals surface area (Å²) in [4.78, 5) is 32.5. The molecule has 9 nitrogen and oxygen atoms in total. The molecule has 2 aromatic rings. The third-order valence-electron chi connectivity index (χ3n) is 3.97. The predicted octanol–water partition coefficient (Wildman–Crippen LogP) is 0.586. The SMILES string of the molecule is COCc1nnc(NC(=O)CN2CCC[C@H](c3cc(=O)[nH]cn3)C2)s1. The Bertz CT molecular complexity index is 776. The third-order valence-corrected chi connectivity index (χ3v) is 4.78. The number of hydrogen-bond donors (Lipinski definition) is 2. The number of piperidine rings is 1. The fourth-order valence-corrected chi connectivity index (χ4v) is 3.62. The zero-order chi connectivity index (χ0) is 17.6. The van der Waals surface area contributed by atoms with Crippen molar-refractivity contribution in [2.75, 3.05) is 32.1 Å². The number of carbonyl (C=O) groups excluding carboxylic acids is 1. The predicted molar refractivity (Wildman–Crippen MR) is 92.5 cm³/mol. The summed E-state index contributed by atoms with van der Waals surface area (Å²) in [6.45, 7) is 2.20. The molecule has 2 N–H and O–H groups in total. The Balaban J connectivity index is 1.54. The summed E-state index contributed by atoms with van der Waals surface area (Å²) in [6, 6.07) is 1.53. The fourth-order valence-electron chi connectivity index (χ4n) is 2.90. The number of amides is 1. The summed E-state index contributed by atoms with van der Waals surface area (Å²) >= 11 is 1.30. The maximum Gasteiger partial charge on any atom is 0.250 e. The number of aromatic nitrogens is 4. The van der Waals surface area contributed by atoms with Gasteiger partial charge in [-0.15, -0.1) is 10.2 Å². The first-order chi connectivity index (χ1) is 12.1. The van der Waals surface area contributed by atoms with E-state index in [-0.39, 0.29) is 23.9 Å². The molecule has 1 fully saturated rings. The Hall–Kier alpha value is -2.17. The molecule has 1 atom stereocenters. The quantitative estimate of drug-likeness (QED) is 0.771. The van der Waals surface area contributed by atoms with Gasteiger partial charge in [-0.2, -0.15) is 0 Å². The summed E-state index contributed by atoms with van der Waals surface area (Å²) in [7, 11) is 1.59. The van der Waals surface area contributed by atoms with Gasteiger partial charge in [0, 0.05) is 25.6 Å². The standard InChI is InChI=1S/C15H20N6O3S/c1-24-8-14-19-20-15(25-14)18-13(23)7-21-4-2-3-10(6-21)11-5-12(22)17-9-16-11/h5,9-10H,2-4,6-8H2,1H3,(H,16,17,22)(H,18,20,23)/t10-/m0/s1. The lowest BCUT2D eigenvalue weighted by Crippen LogP contribution is -2.40. The van der Waals surface area contributed by atoms with Crippen molar-refractivity contribution in [1.82, 2.24) is 25.1 Å². The minimum atomic E-state index is -0.150. The lowest BCUT2D eigenvalue weighted by Gasteiger charge is -2.31. The average molecular weight is 364 g/mol. The number of methoxy groups -OCH3 is 1. The largest absolute Gasteiger partial charge is 0.377 e. The van der Waals surface area contributed by atoms with Crippen molar-refractivity contribution in [2.24, 2.45) is 0 Å². The molecule has 3 rings (SSSR count). The lowest BCUT2D eigenvalue weighted by molar-refractivity contribution is -0.117. The van der Waals surface area contributed by atoms with Crippen LogP contribution in [0.2, 0.25) is 0 Å². The van der Waals surface area contributed by atoms with E-state index in [9.17, 15) is 9.59 Å². The molecular formula is C15H20N6O3S. The molecular weight excluding hydrogens is 344 g/mol. The van der Waals surface area contributed by atoms with Crippen LogP contribution in [-0.2, 0) is 16.1 Å². The molecule has 0 radical (unpaired) electrons. The van der Waals surface area contributed by atoms with Gasteiger partial charge < -0.3 is 9.72 Å². The minimum Gasteiger partial charge on any atom is -0.377 e. The molecule has 1 aliphatic rings. The van der Waals surface area contributed by atoms with E-state index >= 15 is 0 Å². The van der Waals surface area contributed by atoms with E-state index in [4.69, 9.17) is 4.74 Å². The summed E-state index contributed by atoms with van der Waals surface area (Å²) in [5.74, 6) is 0.0401. The molecule has 0 unspecified atom stereocenters. The molecule has 25 heavy (non-hydrogen) atoms. The van der Waals surface area contributed by atoms with Gasteiger partial charge >= 0.3 is 0 Å². The van der Waals surface area contributed by atoms with Gasteiger partial charge in [-0.25, -0.2) is 4.98 Å². The number of nitrogens with one attached hydrogen (secondary N) is 2. The van der Waals surface area contributed by atoms with Gasteiger partial charge in [-0.05, 0) is 19.4 Å². The van der Waals surface area contributed by atoms with Crippen molar-refractivity contribution in [1.29, 1.82) is 0 Å². The second-order valence-electron chi connectivity index (χ2n) is 5.89. The molecule has 3 heterocycles. The van der Waals surface area contributed by atoms with Gasteiger partial charge in [0.05, 0.1) is 18.6 Å². The van der Waals surface area contributed by atoms with Gasteiger partial charge in [0.1, 0.15) is 11.6 Å². The Kier molecular flexibility index (Phi) is 5.84. The fraction of sp³-hybridized carbons (Fsp3) is 0.533. The molecule has 10 heteroatoms. The summed E-state index contributed by atoms with van der Waals surface area (Å²) < 4.78 is 4.99. The smallest absolute Gasteiger partial charge is 0.250 e. The van der Waals surface area contributed by atoms with E-state index in [0.29, 0.717) is 18.3 Å². The highest BCUT2D eigenvalue weighted by atomic mass is 32.1. The normalized spacial score (nSPS) is 18.2. The number of aromatic amines is 1. The van der Waals surface area contributed by atoms with E-state index < -0.39 is 0 Å². The van der Waals surface area contributed by atoms with Gasteiger partial charge in [-0.1, -0.05) is 11.3 Å². The number of ether oxygens (including phenoxy) is 1. The maximum atomic E-state index is 12.2. The van der Waals surface area contributed by atoms with E-state index in [0.717, 1.165) is 30.1 Å². The Labute approximate surface area is 148 Å². The second-order valence-corrected chi connectivity index (χ2v) is 6.95. The number of carbonyl (C=O) groups is 1. The first-order valence-electron chi connectivity index (χ1n) is 8.02. The van der Waals surface area contributed by atoms with Crippen molar-refractivity contribution in [3.63, 3.8) is 0 Å². The van der Waals surface area contributed by atoms with Crippen LogP contribution in [0.15, 0.2) is 17.2 Å². The van der Waals surface area contributed by atoms with E-state index in [2.05, 4.69) is 30.4 Å². The highest BCUT2D eigenvalue weighted by molar-refractivity contribution is 7.15. The molecule has 2 aromatic heterocycles. The van der Waals surface area contributed by atoms with Gasteiger partial charge in [-0.3, -0.25) is 19.8 Å². The van der Waals surface area contributed by atoms with Crippen LogP contribution in [0.25, 0.3) is 0 Å². The number of likely N-dealkylation sites (tertiary alicyclic amines) is 1. The van der Waals surface area contributed by atoms with Gasteiger partial charge in [0.15, 0.2) is 0 Å². The molecule has 0 aliphatic carbocycles. The number of nitrogens with zero attached hydrogens (tertiary/aromatic N) is 4. The summed E-state index contributed by atoms with van der Waals surface area (Å²) in [6.07, 6.45) is 3.35. The summed E-state index contributed by atoms with van der Waals surface area (Å²) in [5.41, 5.74) is 0.630. The minimum absolute atomic E-state index is 0.125. The van der Waals surface area contributed by atoms with Crippen molar-refractivity contribution in [2.45, 2.75) is 25.4 Å². The van der Waals surface area contributed by atoms with Gasteiger partial charge in [0.2, 0.25) is 11.0 Å². The highest BCUT2D eigenvalue weighted by Gasteiger charge is 2.24. The molecule has 134 valence electrons. The zero-order valence-electron chi connectivity index (χ0n) is 13.9. The molecule has 0 spiro atoms. The van der Waals surface area contributed by atoms with Crippen molar-refractivity contribution in [3.05, 3.63) is 33.4 Å². The van der Waals surface area contributed by atoms with Crippen LogP contribution in [0, 0.1) is 0 Å². The van der Waals surface area contributed by atoms with Crippen LogP contribution in [0.3, 0.4) is 0 Å². The van der Waals surface area contributed by atoms with Crippen LogP contribution in [-0.4, -0.2) is 57.7 Å². The van der Waals surface area contributed by atoms with Crippen LogP contribution in [0.5, 0.6) is 0 Å². The number of rotatable bonds is 6. The molecule has 1 amide bonds. The number of H-pyrrole nitrogens is 1. The Morgan fingerprint density at radius 1 is 1.52 bits per heavy atom. The third kappa shape index (κ3) is 4.91. The zero-order valence-corrected chi connectivity index (χ0v) is 14.7. The first-order valence-corrected chi connectivity index (χ1v) is 8.84. The van der Waals surface area contributed by atoms with Crippen molar-refractivity contribution >= 4 is 22.4 Å². The Morgan fingerprint density at radius 3 is 3.20 bits per heavy atom. The lowest BCUT2D eigenvalue weighted by atomic mass is 9.94. The number of hydrogen-bond acceptors (Lipinski definition) is 8. The average Bonchev–Trinajstić information content (AvgIpc) is 3.02. The van der Waals surface area contributed by atoms with Gasteiger partial charge in [0.25, 0.3) is 5.56 Å². The van der Waals surface area contributed by atoms with E-state index in [1.165, 1.54) is 23.7 Å². The molecule has 1 saturated heterocycles. The van der Waals surface area contributed by atoms with Crippen LogP contribution in [0.1, 0.15) is 29.5 Å². The van der Waals surface area contributed by atoms with E-state index in [1.54, 1.807) is 7.11 Å². The first kappa shape index (κ1) is 17.6.